The Morgan fingerprint density at radius 3 is 3.00 bits per heavy atom. The Balaban J connectivity index is 2.23. The van der Waals surface area contributed by atoms with Crippen LogP contribution in [0.15, 0.2) is 21.5 Å². The molecule has 6 heteroatoms. The van der Waals surface area contributed by atoms with Crippen LogP contribution in [-0.2, 0) is 0 Å². The van der Waals surface area contributed by atoms with Crippen molar-refractivity contribution in [1.82, 2.24) is 9.88 Å². The second-order valence-corrected chi connectivity index (χ2v) is 5.30. The Hall–Kier alpha value is -1.14. The number of nitrogens with zero attached hydrogens (tertiary/aromatic N) is 1. The molecule has 3 N–H and O–H groups in total. The predicted octanol–water partition coefficient (Wildman–Crippen LogP) is 1.09. The van der Waals surface area contributed by atoms with Crippen molar-refractivity contribution in [2.24, 2.45) is 5.73 Å². The number of piperidine rings is 1. The molecule has 0 aliphatic carbocycles. The van der Waals surface area contributed by atoms with E-state index in [1.165, 1.54) is 6.20 Å². The van der Waals surface area contributed by atoms with E-state index >= 15 is 0 Å². The number of carbonyl (C=O) groups is 1. The molecule has 1 atom stereocenters. The van der Waals surface area contributed by atoms with Gasteiger partial charge in [0.15, 0.2) is 0 Å². The van der Waals surface area contributed by atoms with Crippen LogP contribution in [0.3, 0.4) is 0 Å². The summed E-state index contributed by atoms with van der Waals surface area (Å²) < 4.78 is 0.370. The number of carbonyl (C=O) groups excluding carboxylic acids is 1. The predicted molar refractivity (Wildman–Crippen MR) is 72.5 cm³/mol. The van der Waals surface area contributed by atoms with E-state index in [0.29, 0.717) is 16.6 Å². The zero-order chi connectivity index (χ0) is 13.1. The van der Waals surface area contributed by atoms with E-state index in [2.05, 4.69) is 20.9 Å². The molecule has 1 aliphatic rings. The molecule has 1 aliphatic heterocycles. The van der Waals surface area contributed by atoms with Gasteiger partial charge in [-0.25, -0.2) is 0 Å². The third-order valence-electron chi connectivity index (χ3n) is 3.26. The van der Waals surface area contributed by atoms with Gasteiger partial charge in [-0.1, -0.05) is 0 Å². The molecule has 1 aromatic heterocycles. The Labute approximate surface area is 113 Å². The molecule has 1 saturated heterocycles. The minimum atomic E-state index is -0.236. The Morgan fingerprint density at radius 1 is 1.56 bits per heavy atom. The number of aromatic nitrogens is 1. The van der Waals surface area contributed by atoms with Crippen molar-refractivity contribution in [3.05, 3.63) is 32.7 Å². The van der Waals surface area contributed by atoms with E-state index < -0.39 is 0 Å². The minimum Gasteiger partial charge on any atom is -0.334 e. The molecule has 18 heavy (non-hydrogen) atoms. The van der Waals surface area contributed by atoms with E-state index in [0.717, 1.165) is 25.8 Å². The second-order valence-electron chi connectivity index (χ2n) is 4.45. The monoisotopic (exact) mass is 313 g/mol. The molecule has 1 fully saturated rings. The van der Waals surface area contributed by atoms with Crippen molar-refractivity contribution < 1.29 is 4.79 Å². The third-order valence-corrected chi connectivity index (χ3v) is 3.85. The summed E-state index contributed by atoms with van der Waals surface area (Å²) in [5.74, 6) is -0.0675. The van der Waals surface area contributed by atoms with E-state index in [-0.39, 0.29) is 17.5 Å². The molecule has 0 bridgehead atoms. The number of nitrogens with two attached hydrogens (primary N) is 1. The van der Waals surface area contributed by atoms with Crippen molar-refractivity contribution in [2.45, 2.75) is 25.3 Å². The molecule has 2 rings (SSSR count). The second kappa shape index (κ2) is 5.67. The van der Waals surface area contributed by atoms with Gasteiger partial charge >= 0.3 is 0 Å². The number of nitrogens with one attached hydrogen (secondary N) is 1. The van der Waals surface area contributed by atoms with Crippen molar-refractivity contribution in [3.8, 4) is 0 Å². The SMILES string of the molecule is NC[C@@H]1CCCCN1C(=O)c1c[nH]c(=O)c(Br)c1. The van der Waals surface area contributed by atoms with Crippen LogP contribution >= 0.6 is 15.9 Å². The molecule has 0 aromatic carbocycles. The smallest absolute Gasteiger partial charge is 0.262 e. The molecule has 0 radical (unpaired) electrons. The first-order valence-corrected chi connectivity index (χ1v) is 6.82. The zero-order valence-electron chi connectivity index (χ0n) is 9.99. The summed E-state index contributed by atoms with van der Waals surface area (Å²) in [5, 5.41) is 0. The van der Waals surface area contributed by atoms with Gasteiger partial charge in [-0.15, -0.1) is 0 Å². The summed E-state index contributed by atoms with van der Waals surface area (Å²) >= 11 is 3.13. The molecular weight excluding hydrogens is 298 g/mol. The van der Waals surface area contributed by atoms with Crippen LogP contribution in [0.2, 0.25) is 0 Å². The van der Waals surface area contributed by atoms with Crippen LogP contribution in [-0.4, -0.2) is 34.9 Å². The maximum atomic E-state index is 12.4. The van der Waals surface area contributed by atoms with Gasteiger partial charge in [-0.3, -0.25) is 9.59 Å². The standard InChI is InChI=1S/C12H16BrN3O2/c13-10-5-8(7-15-11(10)17)12(18)16-4-2-1-3-9(16)6-14/h5,7,9H,1-4,6,14H2,(H,15,17)/t9-/m0/s1. The lowest BCUT2D eigenvalue weighted by Crippen LogP contribution is -2.47. The van der Waals surface area contributed by atoms with E-state index in [4.69, 9.17) is 5.73 Å². The Morgan fingerprint density at radius 2 is 2.33 bits per heavy atom. The maximum absolute atomic E-state index is 12.4. The van der Waals surface area contributed by atoms with E-state index in [9.17, 15) is 9.59 Å². The average molecular weight is 314 g/mol. The molecule has 0 unspecified atom stereocenters. The number of rotatable bonds is 2. The summed E-state index contributed by atoms with van der Waals surface area (Å²) in [6.45, 7) is 1.22. The molecule has 1 amide bonds. The highest BCUT2D eigenvalue weighted by Gasteiger charge is 2.26. The molecule has 5 nitrogen and oxygen atoms in total. The van der Waals surface area contributed by atoms with Crippen molar-refractivity contribution in [1.29, 1.82) is 0 Å². The molecule has 2 heterocycles. The number of hydrogen-bond donors (Lipinski definition) is 2. The van der Waals surface area contributed by atoms with Crippen LogP contribution in [0, 0.1) is 0 Å². The summed E-state index contributed by atoms with van der Waals surface area (Å²) in [6, 6.07) is 1.67. The lowest BCUT2D eigenvalue weighted by Gasteiger charge is -2.35. The van der Waals surface area contributed by atoms with Gasteiger partial charge in [-0.2, -0.15) is 0 Å². The first-order valence-electron chi connectivity index (χ1n) is 6.02. The van der Waals surface area contributed by atoms with Gasteiger partial charge < -0.3 is 15.6 Å². The quantitative estimate of drug-likeness (QED) is 0.858. The van der Waals surface area contributed by atoms with Crippen LogP contribution < -0.4 is 11.3 Å². The molecule has 0 spiro atoms. The van der Waals surface area contributed by atoms with Crippen molar-refractivity contribution in [2.75, 3.05) is 13.1 Å². The maximum Gasteiger partial charge on any atom is 0.262 e. The lowest BCUT2D eigenvalue weighted by atomic mass is 10.0. The summed E-state index contributed by atoms with van der Waals surface area (Å²) in [7, 11) is 0. The highest BCUT2D eigenvalue weighted by Crippen LogP contribution is 2.19. The average Bonchev–Trinajstić information content (AvgIpc) is 2.41. The third kappa shape index (κ3) is 2.64. The normalized spacial score (nSPS) is 19.9. The van der Waals surface area contributed by atoms with Gasteiger partial charge in [0.2, 0.25) is 0 Å². The molecule has 1 aromatic rings. The van der Waals surface area contributed by atoms with Gasteiger partial charge in [0.05, 0.1) is 10.0 Å². The van der Waals surface area contributed by atoms with Crippen molar-refractivity contribution in [3.63, 3.8) is 0 Å². The van der Waals surface area contributed by atoms with Gasteiger partial charge in [0.1, 0.15) is 0 Å². The number of likely N-dealkylation sites (tertiary alicyclic amines) is 1. The number of amides is 1. The number of H-pyrrole nitrogens is 1. The summed E-state index contributed by atoms with van der Waals surface area (Å²) in [4.78, 5) is 28.0. The topological polar surface area (TPSA) is 79.2 Å². The van der Waals surface area contributed by atoms with Crippen molar-refractivity contribution >= 4 is 21.8 Å². The van der Waals surface area contributed by atoms with Gasteiger partial charge in [0, 0.05) is 25.3 Å². The van der Waals surface area contributed by atoms with Crippen LogP contribution in [0.25, 0.3) is 0 Å². The largest absolute Gasteiger partial charge is 0.334 e. The summed E-state index contributed by atoms with van der Waals surface area (Å²) in [5.41, 5.74) is 5.95. The minimum absolute atomic E-state index is 0.0675. The lowest BCUT2D eigenvalue weighted by molar-refractivity contribution is 0.0623. The van der Waals surface area contributed by atoms with Gasteiger partial charge in [0.25, 0.3) is 11.5 Å². The number of hydrogen-bond acceptors (Lipinski definition) is 3. The zero-order valence-corrected chi connectivity index (χ0v) is 11.6. The first kappa shape index (κ1) is 13.3. The number of aromatic amines is 1. The van der Waals surface area contributed by atoms with E-state index in [1.54, 1.807) is 6.07 Å². The number of halogens is 1. The molecule has 0 saturated carbocycles. The fraction of sp³-hybridized carbons (Fsp3) is 0.500. The van der Waals surface area contributed by atoms with Crippen LogP contribution in [0.4, 0.5) is 0 Å². The highest BCUT2D eigenvalue weighted by atomic mass is 79.9. The fourth-order valence-corrected chi connectivity index (χ4v) is 2.62. The van der Waals surface area contributed by atoms with Crippen LogP contribution in [0.5, 0.6) is 0 Å². The Bertz CT molecular complexity index is 500. The Kier molecular flexibility index (Phi) is 4.19. The van der Waals surface area contributed by atoms with E-state index in [1.807, 2.05) is 4.90 Å². The molecule has 98 valence electrons. The van der Waals surface area contributed by atoms with Gasteiger partial charge in [-0.05, 0) is 41.3 Å². The number of pyridine rings is 1. The first-order chi connectivity index (χ1) is 8.63. The van der Waals surface area contributed by atoms with Crippen LogP contribution in [0.1, 0.15) is 29.6 Å². The highest BCUT2D eigenvalue weighted by molar-refractivity contribution is 9.10. The molecular formula is C12H16BrN3O2. The summed E-state index contributed by atoms with van der Waals surface area (Å²) in [6.07, 6.45) is 4.53. The fourth-order valence-electron chi connectivity index (χ4n) is 2.26.